The van der Waals surface area contributed by atoms with Gasteiger partial charge in [0.1, 0.15) is 5.88 Å². The highest BCUT2D eigenvalue weighted by Crippen LogP contribution is 1.72. The quantitative estimate of drug-likeness (QED) is 0.423. The van der Waals surface area contributed by atoms with Gasteiger partial charge < -0.3 is 17.2 Å². The van der Waals surface area contributed by atoms with Crippen LogP contribution in [0.5, 0.6) is 0 Å². The molecule has 0 saturated carbocycles. The minimum Gasteiger partial charge on any atom is -0.369 e. The Morgan fingerprint density at radius 2 is 1.27 bits per heavy atom. The van der Waals surface area contributed by atoms with Crippen LogP contribution in [-0.2, 0) is 14.4 Å². The zero-order valence-corrected chi connectivity index (χ0v) is 12.2. The number of carbonyl (C=O) groups excluding carboxylic acids is 3. The zero-order chi connectivity index (χ0) is 12.9. The summed E-state index contributed by atoms with van der Waals surface area (Å²) in [5, 5.41) is 0.257. The Bertz CT molecular complexity index is 173. The molecule has 9 heteroatoms. The molecule has 0 saturated heterocycles. The number of amides is 3. The Hall–Kier alpha value is -0.0900. The van der Waals surface area contributed by atoms with Gasteiger partial charge in [-0.2, -0.15) is 0 Å². The van der Waals surface area contributed by atoms with Gasteiger partial charge in [0.2, 0.25) is 17.7 Å². The summed E-state index contributed by atoms with van der Waals surface area (Å²) in [6.45, 7) is 0. The molecule has 3 amide bonds. The largest absolute Gasteiger partial charge is 0.369 e. The first-order chi connectivity index (χ1) is 6.81. The minimum atomic E-state index is -0.480. The summed E-state index contributed by atoms with van der Waals surface area (Å²) in [6.07, 6.45) is 0. The maximum Gasteiger partial charge on any atom is 0.232 e. The maximum atomic E-state index is 9.58. The monoisotopic (exact) mass is 415 g/mol. The van der Waals surface area contributed by atoms with Crippen LogP contribution in [0.4, 0.5) is 0 Å². The van der Waals surface area contributed by atoms with Gasteiger partial charge in [0.15, 0.2) is 0 Å². The van der Waals surface area contributed by atoms with Gasteiger partial charge in [-0.25, -0.2) is 0 Å². The van der Waals surface area contributed by atoms with E-state index >= 15 is 0 Å². The predicted molar refractivity (Wildman–Crippen MR) is 71.0 cm³/mol. The van der Waals surface area contributed by atoms with Crippen LogP contribution in [-0.4, -0.2) is 33.4 Å². The minimum absolute atomic E-state index is 0.0833. The van der Waals surface area contributed by atoms with Crippen LogP contribution in [0.1, 0.15) is 0 Å². The Balaban J connectivity index is -0.000000144. The zero-order valence-electron chi connectivity index (χ0n) is 7.71. The molecule has 0 aliphatic rings. The molecule has 15 heavy (non-hydrogen) atoms. The second-order valence-electron chi connectivity index (χ2n) is 1.80. The van der Waals surface area contributed by atoms with E-state index in [1.807, 2.05) is 22.6 Å². The smallest absolute Gasteiger partial charge is 0.232 e. The number of nitrogens with two attached hydrogens (primary N) is 3. The highest BCUT2D eigenvalue weighted by atomic mass is 127. The third kappa shape index (κ3) is 56.5. The molecular weight excluding hydrogens is 404 g/mol. The fourth-order valence-corrected chi connectivity index (χ4v) is 0. The van der Waals surface area contributed by atoms with Crippen molar-refractivity contribution in [2.24, 2.45) is 17.2 Å². The fourth-order valence-electron chi connectivity index (χ4n) is 0. The SMILES string of the molecule is NC(=O)CBr.NC(=O)CCl.NC(=O)CI. The highest BCUT2D eigenvalue weighted by molar-refractivity contribution is 14.1. The predicted octanol–water partition coefficient (Wildman–Crippen LogP) is -0.516. The average molecular weight is 416 g/mol. The Kier molecular flexibility index (Phi) is 22.2. The van der Waals surface area contributed by atoms with E-state index in [9.17, 15) is 14.4 Å². The topological polar surface area (TPSA) is 129 Å². The van der Waals surface area contributed by atoms with Gasteiger partial charge in [0.05, 0.1) is 9.76 Å². The van der Waals surface area contributed by atoms with Crippen molar-refractivity contribution in [3.05, 3.63) is 0 Å². The van der Waals surface area contributed by atoms with Crippen LogP contribution in [0.15, 0.2) is 0 Å². The molecule has 0 fully saturated rings. The normalized spacial score (nSPS) is 7.40. The molecule has 0 aliphatic heterocycles. The van der Waals surface area contributed by atoms with Gasteiger partial charge in [0.25, 0.3) is 0 Å². The molecule has 6 N–H and O–H groups in total. The number of carbonyl (C=O) groups is 3. The second-order valence-corrected chi connectivity index (χ2v) is 3.39. The molecule has 6 nitrogen and oxygen atoms in total. The van der Waals surface area contributed by atoms with E-state index in [0.29, 0.717) is 4.43 Å². The van der Waals surface area contributed by atoms with Crippen LogP contribution in [0, 0.1) is 0 Å². The van der Waals surface area contributed by atoms with Crippen molar-refractivity contribution in [2.45, 2.75) is 0 Å². The van der Waals surface area contributed by atoms with E-state index in [1.54, 1.807) is 0 Å². The third-order valence-corrected chi connectivity index (χ3v) is 1.96. The summed E-state index contributed by atoms with van der Waals surface area (Å²) in [7, 11) is 0. The first kappa shape index (κ1) is 20.3. The summed E-state index contributed by atoms with van der Waals surface area (Å²) >= 11 is 9.60. The molecular formula is C6H12BrClIN3O3. The van der Waals surface area contributed by atoms with Gasteiger partial charge in [0, 0.05) is 0 Å². The van der Waals surface area contributed by atoms with Crippen LogP contribution in [0.25, 0.3) is 0 Å². The molecule has 0 atom stereocenters. The van der Waals surface area contributed by atoms with Crippen molar-refractivity contribution in [2.75, 3.05) is 15.6 Å². The molecule has 0 radical (unpaired) electrons. The lowest BCUT2D eigenvalue weighted by Crippen LogP contribution is -2.10. The van der Waals surface area contributed by atoms with Crippen molar-refractivity contribution >= 4 is 67.8 Å². The fraction of sp³-hybridized carbons (Fsp3) is 0.500. The maximum absolute atomic E-state index is 9.58. The standard InChI is InChI=1S/C2H4BrNO.C2H4ClNO.C2H4INO/c3*3-1-2(4)5/h3*1H2,(H2,4,5). The van der Waals surface area contributed by atoms with Crippen molar-refractivity contribution in [3.8, 4) is 0 Å². The first-order valence-corrected chi connectivity index (χ1v) is 6.52. The van der Waals surface area contributed by atoms with Gasteiger partial charge in [-0.15, -0.1) is 11.6 Å². The Morgan fingerprint density at radius 3 is 1.27 bits per heavy atom. The molecule has 0 spiro atoms. The van der Waals surface area contributed by atoms with Crippen LogP contribution in [0.2, 0.25) is 0 Å². The first-order valence-electron chi connectivity index (χ1n) is 3.34. The van der Waals surface area contributed by atoms with Crippen molar-refractivity contribution < 1.29 is 14.4 Å². The van der Waals surface area contributed by atoms with Gasteiger partial charge >= 0.3 is 0 Å². The summed E-state index contributed by atoms with van der Waals surface area (Å²) in [5.41, 5.74) is 13.8. The Morgan fingerprint density at radius 1 is 1.07 bits per heavy atom. The lowest BCUT2D eigenvalue weighted by Gasteiger charge is -1.71. The number of alkyl halides is 3. The van der Waals surface area contributed by atoms with Crippen LogP contribution < -0.4 is 17.2 Å². The molecule has 0 rings (SSSR count). The number of rotatable bonds is 3. The van der Waals surface area contributed by atoms with E-state index in [0.717, 1.165) is 0 Å². The summed E-state index contributed by atoms with van der Waals surface area (Å²) in [5.74, 6) is -1.15. The molecule has 0 aromatic rings. The Labute approximate surface area is 115 Å². The van der Waals surface area contributed by atoms with Gasteiger partial charge in [-0.05, 0) is 0 Å². The van der Waals surface area contributed by atoms with Crippen molar-refractivity contribution in [1.29, 1.82) is 0 Å². The van der Waals surface area contributed by atoms with E-state index in [-0.39, 0.29) is 23.0 Å². The number of halogens is 3. The van der Waals surface area contributed by atoms with Crippen LogP contribution >= 0.6 is 50.1 Å². The number of hydrogen-bond acceptors (Lipinski definition) is 3. The van der Waals surface area contributed by atoms with E-state index < -0.39 is 5.91 Å². The summed E-state index contributed by atoms with van der Waals surface area (Å²) < 4.78 is 0.414. The van der Waals surface area contributed by atoms with E-state index in [4.69, 9.17) is 11.6 Å². The number of hydrogen-bond donors (Lipinski definition) is 3. The molecule has 0 unspecified atom stereocenters. The average Bonchev–Trinajstić information content (AvgIpc) is 2.19. The van der Waals surface area contributed by atoms with Gasteiger partial charge in [-0.1, -0.05) is 38.5 Å². The molecule has 0 heterocycles. The van der Waals surface area contributed by atoms with Crippen molar-refractivity contribution in [3.63, 3.8) is 0 Å². The second kappa shape index (κ2) is 16.3. The highest BCUT2D eigenvalue weighted by Gasteiger charge is 1.80. The molecule has 0 bridgehead atoms. The molecule has 0 aromatic carbocycles. The van der Waals surface area contributed by atoms with Gasteiger partial charge in [-0.3, -0.25) is 14.4 Å². The van der Waals surface area contributed by atoms with Crippen molar-refractivity contribution in [1.82, 2.24) is 0 Å². The molecule has 90 valence electrons. The molecule has 0 aliphatic carbocycles. The summed E-state index contributed by atoms with van der Waals surface area (Å²) in [6, 6.07) is 0. The lowest BCUT2D eigenvalue weighted by molar-refractivity contribution is -0.116. The van der Waals surface area contributed by atoms with Crippen LogP contribution in [0.3, 0.4) is 0 Å². The summed E-state index contributed by atoms with van der Waals surface area (Å²) in [4.78, 5) is 28.6. The lowest BCUT2D eigenvalue weighted by atomic mass is 10.8. The number of primary amides is 3. The third-order valence-electron chi connectivity index (χ3n) is 0.395. The van der Waals surface area contributed by atoms with E-state index in [2.05, 4.69) is 33.1 Å². The molecule has 0 aromatic heterocycles. The van der Waals surface area contributed by atoms with E-state index in [1.165, 1.54) is 0 Å².